The first-order chi connectivity index (χ1) is 11.0. The molecule has 1 aromatic carbocycles. The zero-order valence-corrected chi connectivity index (χ0v) is 14.0. The van der Waals surface area contributed by atoms with Crippen molar-refractivity contribution >= 4 is 5.96 Å². The highest BCUT2D eigenvalue weighted by molar-refractivity contribution is 5.79. The Kier molecular flexibility index (Phi) is 5.73. The van der Waals surface area contributed by atoms with Gasteiger partial charge >= 0.3 is 0 Å². The minimum atomic E-state index is -0.199. The fourth-order valence-electron chi connectivity index (χ4n) is 2.01. The van der Waals surface area contributed by atoms with Crippen LogP contribution in [0.2, 0.25) is 0 Å². The molecule has 0 saturated carbocycles. The highest BCUT2D eigenvalue weighted by Crippen LogP contribution is 2.13. The highest BCUT2D eigenvalue weighted by Gasteiger charge is 2.08. The molecule has 0 aliphatic carbocycles. The van der Waals surface area contributed by atoms with E-state index >= 15 is 0 Å². The van der Waals surface area contributed by atoms with E-state index in [2.05, 4.69) is 34.6 Å². The summed E-state index contributed by atoms with van der Waals surface area (Å²) in [6, 6.07) is 7.12. The number of rotatable bonds is 5. The van der Waals surface area contributed by atoms with Crippen molar-refractivity contribution in [3.63, 3.8) is 0 Å². The van der Waals surface area contributed by atoms with Gasteiger partial charge < -0.3 is 15.2 Å². The lowest BCUT2D eigenvalue weighted by Crippen LogP contribution is -2.36. The first kappa shape index (κ1) is 17.0. The van der Waals surface area contributed by atoms with E-state index in [1.54, 1.807) is 20.0 Å². The number of nitrogens with one attached hydrogen (secondary N) is 2. The molecule has 0 spiro atoms. The fraction of sp³-hybridized carbons (Fsp3) is 0.412. The maximum atomic E-state index is 13.5. The van der Waals surface area contributed by atoms with Crippen molar-refractivity contribution in [2.75, 3.05) is 7.05 Å². The van der Waals surface area contributed by atoms with Gasteiger partial charge in [-0.05, 0) is 30.0 Å². The molecule has 6 heteroatoms. The van der Waals surface area contributed by atoms with Gasteiger partial charge in [-0.1, -0.05) is 31.1 Å². The third kappa shape index (κ3) is 4.81. The predicted octanol–water partition coefficient (Wildman–Crippen LogP) is 3.11. The van der Waals surface area contributed by atoms with Crippen LogP contribution in [0.5, 0.6) is 0 Å². The Morgan fingerprint density at radius 2 is 2.00 bits per heavy atom. The van der Waals surface area contributed by atoms with Crippen molar-refractivity contribution in [1.29, 1.82) is 0 Å². The molecule has 23 heavy (non-hydrogen) atoms. The molecule has 0 aliphatic heterocycles. The van der Waals surface area contributed by atoms with Crippen LogP contribution in [0, 0.1) is 12.7 Å². The molecule has 5 nitrogen and oxygen atoms in total. The van der Waals surface area contributed by atoms with Crippen LogP contribution in [-0.2, 0) is 13.1 Å². The lowest BCUT2D eigenvalue weighted by molar-refractivity contribution is 0.372. The maximum absolute atomic E-state index is 13.5. The van der Waals surface area contributed by atoms with Crippen LogP contribution in [-0.4, -0.2) is 18.2 Å². The van der Waals surface area contributed by atoms with Crippen LogP contribution < -0.4 is 10.6 Å². The second kappa shape index (κ2) is 7.76. The summed E-state index contributed by atoms with van der Waals surface area (Å²) in [6.45, 7) is 6.86. The van der Waals surface area contributed by atoms with Crippen LogP contribution in [0.4, 0.5) is 4.39 Å². The van der Waals surface area contributed by atoms with Gasteiger partial charge in [0.1, 0.15) is 5.82 Å². The summed E-state index contributed by atoms with van der Waals surface area (Å²) in [5.74, 6) is 1.50. The molecule has 0 atom stereocenters. The number of guanidine groups is 1. The Labute approximate surface area is 136 Å². The van der Waals surface area contributed by atoms with Gasteiger partial charge in [0.2, 0.25) is 0 Å². The van der Waals surface area contributed by atoms with Gasteiger partial charge in [-0.15, -0.1) is 0 Å². The first-order valence-electron chi connectivity index (χ1n) is 7.64. The molecular formula is C17H23FN4O. The quantitative estimate of drug-likeness (QED) is 0.657. The Morgan fingerprint density at radius 3 is 2.61 bits per heavy atom. The largest absolute Gasteiger partial charge is 0.359 e. The minimum absolute atomic E-state index is 0.199. The maximum Gasteiger partial charge on any atom is 0.191 e. The van der Waals surface area contributed by atoms with E-state index in [4.69, 9.17) is 4.52 Å². The van der Waals surface area contributed by atoms with Gasteiger partial charge in [-0.2, -0.15) is 0 Å². The SMILES string of the molecule is CN=C(NCc1ccc(C)c(F)c1)NCc1cc(C(C)C)no1. The molecule has 0 saturated heterocycles. The van der Waals surface area contributed by atoms with Crippen LogP contribution in [0.15, 0.2) is 33.8 Å². The van der Waals surface area contributed by atoms with Crippen molar-refractivity contribution < 1.29 is 8.91 Å². The molecule has 124 valence electrons. The molecule has 2 N–H and O–H groups in total. The molecule has 0 bridgehead atoms. The van der Waals surface area contributed by atoms with Gasteiger partial charge in [0.25, 0.3) is 0 Å². The third-order valence-electron chi connectivity index (χ3n) is 3.52. The molecular weight excluding hydrogens is 295 g/mol. The van der Waals surface area contributed by atoms with Crippen LogP contribution in [0.1, 0.15) is 42.3 Å². The number of hydrogen-bond acceptors (Lipinski definition) is 3. The number of nitrogens with zero attached hydrogens (tertiary/aromatic N) is 2. The summed E-state index contributed by atoms with van der Waals surface area (Å²) in [7, 11) is 1.69. The summed E-state index contributed by atoms with van der Waals surface area (Å²) in [5, 5.41) is 10.3. The topological polar surface area (TPSA) is 62.5 Å². The summed E-state index contributed by atoms with van der Waals surface area (Å²) in [5.41, 5.74) is 2.43. The zero-order valence-electron chi connectivity index (χ0n) is 14.0. The lowest BCUT2D eigenvalue weighted by atomic mass is 10.1. The number of aliphatic imine (C=N–C) groups is 1. The predicted molar refractivity (Wildman–Crippen MR) is 88.8 cm³/mol. The summed E-state index contributed by atoms with van der Waals surface area (Å²) in [6.07, 6.45) is 0. The Balaban J connectivity index is 1.86. The summed E-state index contributed by atoms with van der Waals surface area (Å²) < 4.78 is 18.8. The second-order valence-electron chi connectivity index (χ2n) is 5.74. The fourth-order valence-corrected chi connectivity index (χ4v) is 2.01. The van der Waals surface area contributed by atoms with E-state index in [1.807, 2.05) is 12.1 Å². The molecule has 2 aromatic rings. The van der Waals surface area contributed by atoms with E-state index in [-0.39, 0.29) is 5.82 Å². The molecule has 0 aliphatic rings. The molecule has 1 heterocycles. The summed E-state index contributed by atoms with van der Waals surface area (Å²) >= 11 is 0. The van der Waals surface area contributed by atoms with E-state index in [0.717, 1.165) is 17.0 Å². The molecule has 2 rings (SSSR count). The molecule has 0 amide bonds. The van der Waals surface area contributed by atoms with E-state index in [9.17, 15) is 4.39 Å². The van der Waals surface area contributed by atoms with Crippen molar-refractivity contribution in [2.24, 2.45) is 4.99 Å². The Bertz CT molecular complexity index is 679. The van der Waals surface area contributed by atoms with Crippen molar-refractivity contribution in [3.8, 4) is 0 Å². The van der Waals surface area contributed by atoms with Crippen molar-refractivity contribution in [1.82, 2.24) is 15.8 Å². The highest BCUT2D eigenvalue weighted by atomic mass is 19.1. The molecule has 1 aromatic heterocycles. The van der Waals surface area contributed by atoms with Crippen molar-refractivity contribution in [2.45, 2.75) is 39.8 Å². The third-order valence-corrected chi connectivity index (χ3v) is 3.52. The summed E-state index contributed by atoms with van der Waals surface area (Å²) in [4.78, 5) is 4.14. The van der Waals surface area contributed by atoms with E-state index in [1.165, 1.54) is 6.07 Å². The Hall–Kier alpha value is -2.37. The number of hydrogen-bond donors (Lipinski definition) is 2. The average molecular weight is 318 g/mol. The van der Waals surface area contributed by atoms with Crippen molar-refractivity contribution in [3.05, 3.63) is 52.7 Å². The monoisotopic (exact) mass is 318 g/mol. The second-order valence-corrected chi connectivity index (χ2v) is 5.74. The normalized spacial score (nSPS) is 11.8. The standard InChI is InChI=1S/C17H23FN4O/c1-11(2)16-8-14(23-22-16)10-21-17(19-4)20-9-13-6-5-12(3)15(18)7-13/h5-8,11H,9-10H2,1-4H3,(H2,19,20,21). The van der Waals surface area contributed by atoms with E-state index < -0.39 is 0 Å². The lowest BCUT2D eigenvalue weighted by Gasteiger charge is -2.11. The van der Waals surface area contributed by atoms with Crippen LogP contribution in [0.25, 0.3) is 0 Å². The minimum Gasteiger partial charge on any atom is -0.359 e. The first-order valence-corrected chi connectivity index (χ1v) is 7.64. The Morgan fingerprint density at radius 1 is 1.26 bits per heavy atom. The smallest absolute Gasteiger partial charge is 0.191 e. The van der Waals surface area contributed by atoms with Gasteiger partial charge in [0.05, 0.1) is 12.2 Å². The van der Waals surface area contributed by atoms with Crippen LogP contribution >= 0.6 is 0 Å². The van der Waals surface area contributed by atoms with Gasteiger partial charge in [0, 0.05) is 19.7 Å². The van der Waals surface area contributed by atoms with Gasteiger partial charge in [-0.3, -0.25) is 4.99 Å². The molecule has 0 radical (unpaired) electrons. The number of aromatic nitrogens is 1. The molecule has 0 fully saturated rings. The molecule has 0 unspecified atom stereocenters. The number of halogens is 1. The van der Waals surface area contributed by atoms with Crippen LogP contribution in [0.3, 0.4) is 0 Å². The van der Waals surface area contributed by atoms with Gasteiger partial charge in [-0.25, -0.2) is 4.39 Å². The zero-order chi connectivity index (χ0) is 16.8. The van der Waals surface area contributed by atoms with Gasteiger partial charge in [0.15, 0.2) is 11.7 Å². The number of benzene rings is 1. The van der Waals surface area contributed by atoms with E-state index in [0.29, 0.717) is 30.5 Å². The average Bonchev–Trinajstić information content (AvgIpc) is 3.00. The number of aryl methyl sites for hydroxylation is 1.